The minimum absolute atomic E-state index is 0.0109. The predicted molar refractivity (Wildman–Crippen MR) is 214 cm³/mol. The number of anilines is 2. The first-order chi connectivity index (χ1) is 26.5. The number of aromatic nitrogens is 2. The van der Waals surface area contributed by atoms with Gasteiger partial charge in [0.1, 0.15) is 23.3 Å². The molecule has 5 rings (SSSR count). The van der Waals surface area contributed by atoms with Gasteiger partial charge in [0.15, 0.2) is 25.5 Å². The van der Waals surface area contributed by atoms with E-state index in [2.05, 4.69) is 34.5 Å². The predicted octanol–water partition coefficient (Wildman–Crippen LogP) is 5.67. The number of hydrogen-bond acceptors (Lipinski definition) is 13. The number of nitro benzene ring substituents is 2. The summed E-state index contributed by atoms with van der Waals surface area (Å²) in [5.74, 6) is 1.78. The Morgan fingerprint density at radius 2 is 1.89 bits per heavy atom. The molecule has 1 amide bonds. The number of carboxylic acids is 1. The van der Waals surface area contributed by atoms with Crippen LogP contribution in [0.4, 0.5) is 32.8 Å². The van der Waals surface area contributed by atoms with Crippen molar-refractivity contribution in [2.45, 2.75) is 85.9 Å². The van der Waals surface area contributed by atoms with Gasteiger partial charge in [-0.1, -0.05) is 33.6 Å². The van der Waals surface area contributed by atoms with Crippen molar-refractivity contribution in [1.82, 2.24) is 8.94 Å². The topological polar surface area (TPSA) is 259 Å². The Labute approximate surface area is 332 Å². The van der Waals surface area contributed by atoms with Crippen LogP contribution in [0.5, 0.6) is 5.75 Å². The highest BCUT2D eigenvalue weighted by atomic mass is 32.1. The summed E-state index contributed by atoms with van der Waals surface area (Å²) in [6.07, 6.45) is 7.68. The molecule has 5 N–H and O–H groups in total. The van der Waals surface area contributed by atoms with Crippen LogP contribution in [0.1, 0.15) is 63.9 Å². The number of nitrogens with zero attached hydrogens (tertiary/aromatic N) is 6. The third-order valence-corrected chi connectivity index (χ3v) is 11.0. The Balaban J connectivity index is 0.000000250. The van der Waals surface area contributed by atoms with E-state index in [1.54, 1.807) is 13.8 Å². The minimum atomic E-state index is -3.10. The summed E-state index contributed by atoms with van der Waals surface area (Å²) < 4.78 is 37.0. The lowest BCUT2D eigenvalue weighted by Gasteiger charge is -2.28. The van der Waals surface area contributed by atoms with Crippen molar-refractivity contribution in [2.24, 2.45) is 16.1 Å². The number of halogens is 1. The fourth-order valence-corrected chi connectivity index (χ4v) is 7.36. The summed E-state index contributed by atoms with van der Waals surface area (Å²) in [6.45, 7) is 13.3. The highest BCUT2D eigenvalue weighted by Gasteiger charge is 2.32. The van der Waals surface area contributed by atoms with E-state index >= 15 is 0 Å². The summed E-state index contributed by atoms with van der Waals surface area (Å²) in [7, 11) is -3.10. The largest absolute Gasteiger partial charge is 0.481 e. The minimum Gasteiger partial charge on any atom is -0.481 e. The smallest absolute Gasteiger partial charge is 0.320 e. The van der Waals surface area contributed by atoms with E-state index < -0.39 is 35.0 Å². The fraction of sp³-hybridized carbons (Fsp3) is 0.500. The fourth-order valence-electron chi connectivity index (χ4n) is 5.84. The number of rotatable bonds is 12. The number of terminal acetylenes is 1. The highest BCUT2D eigenvalue weighted by Crippen LogP contribution is 2.40. The van der Waals surface area contributed by atoms with Gasteiger partial charge in [-0.3, -0.25) is 39.3 Å². The number of carbonyl (C=O) groups is 2. The molecule has 21 heteroatoms. The van der Waals surface area contributed by atoms with Gasteiger partial charge < -0.3 is 30.4 Å². The first kappa shape index (κ1) is 46.2. The molecule has 2 aliphatic rings. The number of nitrogens with two attached hydrogens (primary N) is 1. The maximum absolute atomic E-state index is 14.5. The van der Waals surface area contributed by atoms with Crippen LogP contribution in [0.3, 0.4) is 0 Å². The number of carboxylic acid groups (broad SMARTS) is 1. The highest BCUT2D eigenvalue weighted by molar-refractivity contribution is 7.57. The quantitative estimate of drug-likeness (QED) is 0.0744. The molecule has 0 bridgehead atoms. The second kappa shape index (κ2) is 19.3. The second-order valence-corrected chi connectivity index (χ2v) is 17.7. The molecule has 0 aliphatic carbocycles. The first-order valence-electron chi connectivity index (χ1n) is 17.8. The van der Waals surface area contributed by atoms with Crippen molar-refractivity contribution < 1.29 is 43.1 Å². The van der Waals surface area contributed by atoms with E-state index in [9.17, 15) is 38.8 Å². The molecule has 1 aromatic heterocycles. The summed E-state index contributed by atoms with van der Waals surface area (Å²) in [6, 6.07) is 3.07. The normalized spacial score (nSPS) is 15.7. The number of benzene rings is 2. The molecule has 18 nitrogen and oxygen atoms in total. The molecule has 0 fully saturated rings. The number of hydrogen-bond donors (Lipinski definition) is 4. The van der Waals surface area contributed by atoms with E-state index in [-0.39, 0.29) is 65.8 Å². The monoisotopic (exact) mass is 834 g/mol. The number of aryl methyl sites for hydroxylation is 1. The SMILES string of the molecule is C#CCN1C(=O)COc2cc(F)c(/N=c3\snc4n3CC(C)(C)C4)cc21.CCC(CC)Nc1c([N+](=O)[O-])cc(C)c(C)c1[N+](=O)[O-].CP(=O)(O)CCC(N)C(=O)O. The zero-order valence-corrected chi connectivity index (χ0v) is 34.5. The zero-order valence-electron chi connectivity index (χ0n) is 32.8. The van der Waals surface area contributed by atoms with E-state index in [0.717, 1.165) is 31.6 Å². The van der Waals surface area contributed by atoms with E-state index in [1.165, 1.54) is 41.3 Å². The molecular formula is C36H48FN8O10PS. The van der Waals surface area contributed by atoms with Gasteiger partial charge in [-0.25, -0.2) is 9.38 Å². The second-order valence-electron chi connectivity index (χ2n) is 14.4. The van der Waals surface area contributed by atoms with Crippen molar-refractivity contribution >= 4 is 59.2 Å². The maximum atomic E-state index is 14.5. The lowest BCUT2D eigenvalue weighted by molar-refractivity contribution is -0.392. The van der Waals surface area contributed by atoms with Gasteiger partial charge >= 0.3 is 11.7 Å². The summed E-state index contributed by atoms with van der Waals surface area (Å²) in [5, 5.41) is 33.7. The van der Waals surface area contributed by atoms with Gasteiger partial charge in [-0.05, 0) is 50.2 Å². The van der Waals surface area contributed by atoms with Crippen molar-refractivity contribution in [1.29, 1.82) is 0 Å². The number of amides is 1. The lowest BCUT2D eigenvalue weighted by atomic mass is 9.92. The standard InChI is InChI=1S/C18H17FN4O2S.C13H19N3O4.C5H12NO4P/c1-4-5-22-13-7-12(11(19)6-14(13)25-9-16(22)24)20-17-23-10-18(2,3)8-15(23)21-26-17;1-5-10(6-2)14-12-11(15(17)18)7-8(3)9(4)13(12)16(19)20;1-11(9,10)3-2-4(6)5(7)8/h1,6-7H,5,8-10H2,2-3H3;7,10,14H,5-6H2,1-4H3;4H,2-3,6H2,1H3,(H,7,8)(H,9,10)/b20-17-;;. The van der Waals surface area contributed by atoms with Crippen LogP contribution in [0.15, 0.2) is 23.2 Å². The van der Waals surface area contributed by atoms with E-state index in [0.29, 0.717) is 27.4 Å². The third kappa shape index (κ3) is 12.1. The number of fused-ring (bicyclic) bond motifs is 2. The van der Waals surface area contributed by atoms with Gasteiger partial charge in [-0.15, -0.1) is 6.42 Å². The van der Waals surface area contributed by atoms with E-state index in [4.69, 9.17) is 26.9 Å². The number of nitro groups is 2. The number of nitrogens with one attached hydrogen (secondary N) is 1. The van der Waals surface area contributed by atoms with Crippen LogP contribution in [-0.2, 0) is 27.1 Å². The molecule has 0 saturated carbocycles. The molecule has 0 spiro atoms. The Morgan fingerprint density at radius 3 is 2.44 bits per heavy atom. The molecule has 0 saturated heterocycles. The van der Waals surface area contributed by atoms with Crippen LogP contribution < -0.4 is 25.5 Å². The molecule has 3 heterocycles. The average Bonchev–Trinajstić information content (AvgIpc) is 3.63. The summed E-state index contributed by atoms with van der Waals surface area (Å²) in [4.78, 5) is 58.7. The van der Waals surface area contributed by atoms with Crippen LogP contribution in [0.25, 0.3) is 0 Å². The first-order valence-corrected chi connectivity index (χ1v) is 20.9. The van der Waals surface area contributed by atoms with Crippen LogP contribution in [-0.4, -0.2) is 78.7 Å². The van der Waals surface area contributed by atoms with Crippen molar-refractivity contribution in [2.75, 3.05) is 36.2 Å². The summed E-state index contributed by atoms with van der Waals surface area (Å²) >= 11 is 1.24. The molecule has 57 heavy (non-hydrogen) atoms. The van der Waals surface area contributed by atoms with Gasteiger partial charge in [0.05, 0.1) is 22.1 Å². The zero-order chi connectivity index (χ0) is 43.0. The van der Waals surface area contributed by atoms with Crippen LogP contribution in [0.2, 0.25) is 0 Å². The van der Waals surface area contributed by atoms with Gasteiger partial charge in [0, 0.05) is 61.1 Å². The summed E-state index contributed by atoms with van der Waals surface area (Å²) in [5.41, 5.74) is 6.33. The molecule has 2 aromatic carbocycles. The van der Waals surface area contributed by atoms with Gasteiger partial charge in [0.25, 0.3) is 11.6 Å². The molecule has 2 atom stereocenters. The Kier molecular flexibility index (Phi) is 15.6. The lowest BCUT2D eigenvalue weighted by Crippen LogP contribution is -2.39. The van der Waals surface area contributed by atoms with Crippen molar-refractivity contribution in [3.05, 3.63) is 66.0 Å². The van der Waals surface area contributed by atoms with Crippen molar-refractivity contribution in [3.8, 4) is 18.1 Å². The molecule has 0 radical (unpaired) electrons. The number of aliphatic carboxylic acids is 1. The Bertz CT molecular complexity index is 2170. The van der Waals surface area contributed by atoms with Crippen LogP contribution >= 0.6 is 18.9 Å². The Hall–Kier alpha value is -5.22. The average molecular weight is 835 g/mol. The maximum Gasteiger partial charge on any atom is 0.320 e. The van der Waals surface area contributed by atoms with E-state index in [1.807, 2.05) is 18.4 Å². The van der Waals surface area contributed by atoms with Crippen LogP contribution in [0, 0.1) is 57.7 Å². The van der Waals surface area contributed by atoms with Gasteiger partial charge in [-0.2, -0.15) is 4.37 Å². The molecule has 2 unspecified atom stereocenters. The molecular weight excluding hydrogens is 786 g/mol. The molecule has 310 valence electrons. The Morgan fingerprint density at radius 1 is 1.25 bits per heavy atom. The van der Waals surface area contributed by atoms with Crippen molar-refractivity contribution in [3.63, 3.8) is 0 Å². The van der Waals surface area contributed by atoms with Gasteiger partial charge in [0.2, 0.25) is 4.80 Å². The number of carbonyl (C=O) groups excluding carboxylic acids is 1. The molecule has 3 aromatic rings. The molecule has 2 aliphatic heterocycles. The number of ether oxygens (including phenoxy) is 1. The third-order valence-electron chi connectivity index (χ3n) is 9.11.